The molecule has 0 saturated heterocycles. The summed E-state index contributed by atoms with van der Waals surface area (Å²) >= 11 is 5.88. The summed E-state index contributed by atoms with van der Waals surface area (Å²) in [6, 6.07) is 14.5. The standard InChI is InChI=1S/C18H15ClN2O2/c1-12-17(11-13-3-9-16(23-2)10-4-13)18(22)21(20-12)15-7-5-14(19)6-8-15/h3-11H,1-2H3/b17-11-. The molecule has 0 aliphatic carbocycles. The number of methoxy groups -OCH3 is 1. The van der Waals surface area contributed by atoms with E-state index in [9.17, 15) is 4.79 Å². The third-order valence-corrected chi connectivity index (χ3v) is 3.81. The van der Waals surface area contributed by atoms with E-state index in [0.29, 0.717) is 22.0 Å². The molecule has 0 aromatic heterocycles. The van der Waals surface area contributed by atoms with Gasteiger partial charge in [-0.05, 0) is 55.0 Å². The van der Waals surface area contributed by atoms with Crippen LogP contribution < -0.4 is 9.75 Å². The van der Waals surface area contributed by atoms with Gasteiger partial charge in [-0.2, -0.15) is 10.1 Å². The van der Waals surface area contributed by atoms with Gasteiger partial charge < -0.3 is 4.74 Å². The van der Waals surface area contributed by atoms with Gasteiger partial charge in [-0.15, -0.1) is 0 Å². The molecule has 0 unspecified atom stereocenters. The van der Waals surface area contributed by atoms with Gasteiger partial charge in [0.15, 0.2) is 0 Å². The first-order chi connectivity index (χ1) is 11.1. The van der Waals surface area contributed by atoms with E-state index >= 15 is 0 Å². The zero-order valence-corrected chi connectivity index (χ0v) is 13.5. The molecular weight excluding hydrogens is 312 g/mol. The maximum Gasteiger partial charge on any atom is 0.280 e. The van der Waals surface area contributed by atoms with Crippen molar-refractivity contribution in [2.75, 3.05) is 12.1 Å². The molecule has 0 bridgehead atoms. The number of amides is 1. The average molecular weight is 327 g/mol. The summed E-state index contributed by atoms with van der Waals surface area (Å²) in [6.07, 6.45) is 1.83. The van der Waals surface area contributed by atoms with E-state index in [1.807, 2.05) is 37.3 Å². The van der Waals surface area contributed by atoms with E-state index < -0.39 is 0 Å². The van der Waals surface area contributed by atoms with Crippen LogP contribution in [0, 0.1) is 0 Å². The van der Waals surface area contributed by atoms with Crippen LogP contribution in [0.1, 0.15) is 12.5 Å². The number of rotatable bonds is 3. The molecule has 1 heterocycles. The van der Waals surface area contributed by atoms with Gasteiger partial charge in [0.05, 0.1) is 24.1 Å². The Bertz CT molecular complexity index is 793. The van der Waals surface area contributed by atoms with Gasteiger partial charge in [0.1, 0.15) is 5.75 Å². The highest BCUT2D eigenvalue weighted by atomic mass is 35.5. The molecular formula is C18H15ClN2O2. The van der Waals surface area contributed by atoms with E-state index in [0.717, 1.165) is 11.3 Å². The van der Waals surface area contributed by atoms with Gasteiger partial charge in [0.25, 0.3) is 5.91 Å². The Morgan fingerprint density at radius 1 is 1.09 bits per heavy atom. The summed E-state index contributed by atoms with van der Waals surface area (Å²) in [4.78, 5) is 12.6. The number of anilines is 1. The highest BCUT2D eigenvalue weighted by molar-refractivity contribution is 6.32. The Balaban J connectivity index is 1.89. The summed E-state index contributed by atoms with van der Waals surface area (Å²) in [7, 11) is 1.62. The number of carbonyl (C=O) groups excluding carboxylic acids is 1. The molecule has 4 nitrogen and oxygen atoms in total. The molecule has 0 saturated carbocycles. The summed E-state index contributed by atoms with van der Waals surface area (Å²) in [5.74, 6) is 0.624. The van der Waals surface area contributed by atoms with Crippen molar-refractivity contribution in [1.29, 1.82) is 0 Å². The molecule has 0 N–H and O–H groups in total. The summed E-state index contributed by atoms with van der Waals surface area (Å²) < 4.78 is 5.14. The van der Waals surface area contributed by atoms with E-state index in [1.54, 1.807) is 31.4 Å². The number of hydrazone groups is 1. The lowest BCUT2D eigenvalue weighted by molar-refractivity contribution is -0.114. The Kier molecular flexibility index (Phi) is 4.17. The van der Waals surface area contributed by atoms with Crippen LogP contribution in [0.4, 0.5) is 5.69 Å². The van der Waals surface area contributed by atoms with Crippen LogP contribution >= 0.6 is 11.6 Å². The first kappa shape index (κ1) is 15.3. The zero-order chi connectivity index (χ0) is 16.4. The number of ether oxygens (including phenoxy) is 1. The van der Waals surface area contributed by atoms with Crippen LogP contribution in [0.3, 0.4) is 0 Å². The lowest BCUT2D eigenvalue weighted by Gasteiger charge is -2.11. The minimum absolute atomic E-state index is 0.152. The van der Waals surface area contributed by atoms with Crippen molar-refractivity contribution in [3.05, 3.63) is 64.7 Å². The second-order valence-electron chi connectivity index (χ2n) is 5.11. The molecule has 116 valence electrons. The van der Waals surface area contributed by atoms with Crippen molar-refractivity contribution >= 4 is 35.0 Å². The van der Waals surface area contributed by atoms with E-state index in [2.05, 4.69) is 5.10 Å². The van der Waals surface area contributed by atoms with E-state index in [1.165, 1.54) is 5.01 Å². The van der Waals surface area contributed by atoms with Gasteiger partial charge >= 0.3 is 0 Å². The van der Waals surface area contributed by atoms with Crippen LogP contribution in [0.5, 0.6) is 5.75 Å². The molecule has 5 heteroatoms. The second kappa shape index (κ2) is 6.26. The molecule has 1 aliphatic rings. The van der Waals surface area contributed by atoms with Gasteiger partial charge in [-0.1, -0.05) is 23.7 Å². The van der Waals surface area contributed by atoms with Crippen LogP contribution in [0.2, 0.25) is 5.02 Å². The Morgan fingerprint density at radius 2 is 1.74 bits per heavy atom. The number of halogens is 1. The molecule has 0 spiro atoms. The summed E-state index contributed by atoms with van der Waals surface area (Å²) in [5.41, 5.74) is 2.87. The molecule has 1 amide bonds. The van der Waals surface area contributed by atoms with Crippen molar-refractivity contribution in [1.82, 2.24) is 0 Å². The molecule has 3 rings (SSSR count). The maximum atomic E-state index is 12.6. The fourth-order valence-electron chi connectivity index (χ4n) is 2.31. The predicted octanol–water partition coefficient (Wildman–Crippen LogP) is 4.15. The highest BCUT2D eigenvalue weighted by Gasteiger charge is 2.28. The van der Waals surface area contributed by atoms with E-state index in [4.69, 9.17) is 16.3 Å². The van der Waals surface area contributed by atoms with Crippen LogP contribution in [-0.2, 0) is 4.79 Å². The van der Waals surface area contributed by atoms with E-state index in [-0.39, 0.29) is 5.91 Å². The minimum atomic E-state index is -0.152. The van der Waals surface area contributed by atoms with Crippen molar-refractivity contribution in [2.45, 2.75) is 6.92 Å². The zero-order valence-electron chi connectivity index (χ0n) is 12.8. The van der Waals surface area contributed by atoms with Crippen molar-refractivity contribution in [3.8, 4) is 5.75 Å². The lowest BCUT2D eigenvalue weighted by atomic mass is 10.1. The SMILES string of the molecule is COc1ccc(/C=C2\C(=O)N(c3ccc(Cl)cc3)N=C2C)cc1. The second-order valence-corrected chi connectivity index (χ2v) is 5.55. The number of hydrogen-bond donors (Lipinski definition) is 0. The van der Waals surface area contributed by atoms with Gasteiger partial charge in [0, 0.05) is 5.02 Å². The predicted molar refractivity (Wildman–Crippen MR) is 93.0 cm³/mol. The molecule has 0 radical (unpaired) electrons. The van der Waals surface area contributed by atoms with Crippen molar-refractivity contribution in [3.63, 3.8) is 0 Å². The normalized spacial score (nSPS) is 16.0. The van der Waals surface area contributed by atoms with Gasteiger partial charge in [-0.3, -0.25) is 4.79 Å². The fraction of sp³-hybridized carbons (Fsp3) is 0.111. The number of carbonyl (C=O) groups is 1. The topological polar surface area (TPSA) is 41.9 Å². The summed E-state index contributed by atoms with van der Waals surface area (Å²) in [5, 5.41) is 6.36. The first-order valence-electron chi connectivity index (χ1n) is 7.10. The highest BCUT2D eigenvalue weighted by Crippen LogP contribution is 2.26. The van der Waals surface area contributed by atoms with Crippen LogP contribution in [0.25, 0.3) is 6.08 Å². The molecule has 2 aromatic rings. The molecule has 0 fully saturated rings. The lowest BCUT2D eigenvalue weighted by Crippen LogP contribution is -2.21. The van der Waals surface area contributed by atoms with Crippen LogP contribution in [0.15, 0.2) is 59.2 Å². The summed E-state index contributed by atoms with van der Waals surface area (Å²) in [6.45, 7) is 1.82. The maximum absolute atomic E-state index is 12.6. The van der Waals surface area contributed by atoms with Crippen molar-refractivity contribution in [2.24, 2.45) is 5.10 Å². The minimum Gasteiger partial charge on any atom is -0.497 e. The smallest absolute Gasteiger partial charge is 0.280 e. The Labute approximate surface area is 139 Å². The van der Waals surface area contributed by atoms with Gasteiger partial charge in [0.2, 0.25) is 0 Å². The molecule has 1 aliphatic heterocycles. The quantitative estimate of drug-likeness (QED) is 0.795. The monoisotopic (exact) mass is 326 g/mol. The Hall–Kier alpha value is -2.59. The molecule has 2 aromatic carbocycles. The third kappa shape index (κ3) is 3.12. The first-order valence-corrected chi connectivity index (χ1v) is 7.47. The Morgan fingerprint density at radius 3 is 2.35 bits per heavy atom. The van der Waals surface area contributed by atoms with Gasteiger partial charge in [-0.25, -0.2) is 0 Å². The number of nitrogens with zero attached hydrogens (tertiary/aromatic N) is 2. The number of benzene rings is 2. The van der Waals surface area contributed by atoms with Crippen molar-refractivity contribution < 1.29 is 9.53 Å². The third-order valence-electron chi connectivity index (χ3n) is 3.56. The molecule has 23 heavy (non-hydrogen) atoms. The molecule has 0 atom stereocenters. The number of hydrogen-bond acceptors (Lipinski definition) is 3. The van der Waals surface area contributed by atoms with Crippen LogP contribution in [-0.4, -0.2) is 18.7 Å². The largest absolute Gasteiger partial charge is 0.497 e. The average Bonchev–Trinajstić information content (AvgIpc) is 2.84. The fourth-order valence-corrected chi connectivity index (χ4v) is 2.43.